The molecule has 2 N–H and O–H groups in total. The minimum atomic E-state index is -1.72. The number of aromatic nitrogens is 2. The predicted octanol–water partition coefficient (Wildman–Crippen LogP) is 3.69. The smallest absolute Gasteiger partial charge is 0.295 e. The van der Waals surface area contributed by atoms with Crippen LogP contribution in [0.2, 0.25) is 18.1 Å². The number of nitrogens with two attached hydrogens (primary N) is 1. The molecular weight excluding hydrogens is 302 g/mol. The quantitative estimate of drug-likeness (QED) is 0.834. The number of nitrogens with zero attached hydrogens (tertiary/aromatic N) is 2. The van der Waals surface area contributed by atoms with Crippen molar-refractivity contribution in [3.8, 4) is 5.19 Å². The molecule has 1 aromatic rings. The van der Waals surface area contributed by atoms with Gasteiger partial charge >= 0.3 is 0 Å². The number of nitrogen functional groups attached to an aromatic ring is 1. The summed E-state index contributed by atoms with van der Waals surface area (Å²) >= 11 is 1.29. The van der Waals surface area contributed by atoms with Gasteiger partial charge in [0, 0.05) is 5.92 Å². The van der Waals surface area contributed by atoms with Gasteiger partial charge in [0.2, 0.25) is 5.13 Å². The summed E-state index contributed by atoms with van der Waals surface area (Å²) in [6.07, 6.45) is 3.83. The molecule has 0 aliphatic heterocycles. The van der Waals surface area contributed by atoms with Gasteiger partial charge in [0.15, 0.2) is 8.32 Å². The van der Waals surface area contributed by atoms with Crippen molar-refractivity contribution in [1.29, 1.82) is 0 Å². The number of anilines is 1. The first-order chi connectivity index (χ1) is 9.69. The zero-order valence-electron chi connectivity index (χ0n) is 13.7. The second-order valence-corrected chi connectivity index (χ2v) is 13.1. The standard InChI is InChI=1S/C14H27N3O2SSi/c1-14(2,3)21(4,5)19-11-8-6-7-10(11)9-18-13-17-16-12(15)20-13/h10-11H,6-9H2,1-5H3,(H2,15,16). The van der Waals surface area contributed by atoms with Crippen molar-refractivity contribution in [2.45, 2.75) is 64.3 Å². The molecule has 21 heavy (non-hydrogen) atoms. The molecule has 0 amide bonds. The first-order valence-electron chi connectivity index (χ1n) is 7.58. The Bertz CT molecular complexity index is 473. The van der Waals surface area contributed by atoms with Gasteiger partial charge in [-0.05, 0) is 42.3 Å². The Hall–Kier alpha value is -0.663. The van der Waals surface area contributed by atoms with Crippen LogP contribution in [0.4, 0.5) is 5.13 Å². The molecule has 1 aliphatic carbocycles. The second-order valence-electron chi connectivity index (χ2n) is 7.32. The third kappa shape index (κ3) is 4.17. The number of hydrogen-bond donors (Lipinski definition) is 1. The van der Waals surface area contributed by atoms with Crippen LogP contribution in [0.15, 0.2) is 0 Å². The molecule has 0 radical (unpaired) electrons. The van der Waals surface area contributed by atoms with Crippen LogP contribution in [0.5, 0.6) is 5.19 Å². The maximum Gasteiger partial charge on any atom is 0.295 e. The van der Waals surface area contributed by atoms with Crippen molar-refractivity contribution >= 4 is 24.8 Å². The summed E-state index contributed by atoms with van der Waals surface area (Å²) in [7, 11) is -1.72. The van der Waals surface area contributed by atoms with Gasteiger partial charge in [0.25, 0.3) is 5.19 Å². The summed E-state index contributed by atoms with van der Waals surface area (Å²) in [5.74, 6) is 0.448. The summed E-state index contributed by atoms with van der Waals surface area (Å²) in [4.78, 5) is 0. The fraction of sp³-hybridized carbons (Fsp3) is 0.857. The van der Waals surface area contributed by atoms with E-state index >= 15 is 0 Å². The van der Waals surface area contributed by atoms with Crippen molar-refractivity contribution in [2.75, 3.05) is 12.3 Å². The predicted molar refractivity (Wildman–Crippen MR) is 89.2 cm³/mol. The molecule has 5 nitrogen and oxygen atoms in total. The van der Waals surface area contributed by atoms with E-state index in [9.17, 15) is 0 Å². The Morgan fingerprint density at radius 3 is 2.57 bits per heavy atom. The van der Waals surface area contributed by atoms with Gasteiger partial charge in [0.05, 0.1) is 12.7 Å². The van der Waals surface area contributed by atoms with Gasteiger partial charge in [-0.2, -0.15) is 0 Å². The topological polar surface area (TPSA) is 70.3 Å². The van der Waals surface area contributed by atoms with Gasteiger partial charge in [-0.25, -0.2) is 0 Å². The van der Waals surface area contributed by atoms with E-state index in [0.717, 1.165) is 12.8 Å². The summed E-state index contributed by atoms with van der Waals surface area (Å²) in [6.45, 7) is 12.1. The lowest BCUT2D eigenvalue weighted by Crippen LogP contribution is -2.45. The molecule has 2 atom stereocenters. The van der Waals surface area contributed by atoms with E-state index in [2.05, 4.69) is 44.1 Å². The highest BCUT2D eigenvalue weighted by molar-refractivity contribution is 7.16. The average molecular weight is 330 g/mol. The van der Waals surface area contributed by atoms with Crippen LogP contribution < -0.4 is 10.5 Å². The Balaban J connectivity index is 1.91. The number of rotatable bonds is 5. The van der Waals surface area contributed by atoms with E-state index in [-0.39, 0.29) is 5.04 Å². The molecule has 1 aliphatic rings. The lowest BCUT2D eigenvalue weighted by Gasteiger charge is -2.39. The van der Waals surface area contributed by atoms with Crippen LogP contribution >= 0.6 is 11.3 Å². The third-order valence-corrected chi connectivity index (χ3v) is 9.85. The highest BCUT2D eigenvalue weighted by Gasteiger charge is 2.42. The Morgan fingerprint density at radius 2 is 2.00 bits per heavy atom. The van der Waals surface area contributed by atoms with E-state index in [0.29, 0.717) is 29.0 Å². The molecule has 2 unspecified atom stereocenters. The van der Waals surface area contributed by atoms with Crippen LogP contribution in [0, 0.1) is 5.92 Å². The Morgan fingerprint density at radius 1 is 1.29 bits per heavy atom. The van der Waals surface area contributed by atoms with Crippen LogP contribution in [-0.2, 0) is 4.43 Å². The minimum absolute atomic E-state index is 0.245. The van der Waals surface area contributed by atoms with E-state index in [1.165, 1.54) is 17.8 Å². The monoisotopic (exact) mass is 329 g/mol. The molecule has 1 fully saturated rings. The van der Waals surface area contributed by atoms with Crippen molar-refractivity contribution in [1.82, 2.24) is 10.2 Å². The van der Waals surface area contributed by atoms with Crippen LogP contribution in [0.25, 0.3) is 0 Å². The maximum absolute atomic E-state index is 6.57. The average Bonchev–Trinajstić information content (AvgIpc) is 2.94. The highest BCUT2D eigenvalue weighted by Crippen LogP contribution is 2.41. The highest BCUT2D eigenvalue weighted by atomic mass is 32.1. The molecule has 0 spiro atoms. The van der Waals surface area contributed by atoms with Crippen LogP contribution in [0.3, 0.4) is 0 Å². The SMILES string of the molecule is CC(C)(C)[Si](C)(C)OC1CCCC1COc1nnc(N)s1. The number of ether oxygens (including phenoxy) is 1. The third-order valence-electron chi connectivity index (χ3n) is 4.68. The zero-order chi connectivity index (χ0) is 15.7. The fourth-order valence-corrected chi connectivity index (χ4v) is 4.25. The van der Waals surface area contributed by atoms with E-state index in [4.69, 9.17) is 14.9 Å². The van der Waals surface area contributed by atoms with Gasteiger partial charge in [0.1, 0.15) is 0 Å². The maximum atomic E-state index is 6.57. The summed E-state index contributed by atoms with van der Waals surface area (Å²) < 4.78 is 12.3. The second kappa shape index (κ2) is 6.22. The molecular formula is C14H27N3O2SSi. The van der Waals surface area contributed by atoms with E-state index in [1.54, 1.807) is 0 Å². The summed E-state index contributed by atoms with van der Waals surface area (Å²) in [5, 5.41) is 8.93. The Kier molecular flexibility index (Phi) is 4.95. The molecule has 1 aromatic heterocycles. The molecule has 1 saturated carbocycles. The molecule has 7 heteroatoms. The first kappa shape index (κ1) is 16.7. The van der Waals surface area contributed by atoms with E-state index in [1.807, 2.05) is 0 Å². The van der Waals surface area contributed by atoms with Gasteiger partial charge in [-0.3, -0.25) is 0 Å². The van der Waals surface area contributed by atoms with Crippen molar-refractivity contribution in [2.24, 2.45) is 5.92 Å². The Labute approximate surface area is 132 Å². The zero-order valence-corrected chi connectivity index (χ0v) is 15.5. The molecule has 0 saturated heterocycles. The molecule has 120 valence electrons. The lowest BCUT2D eigenvalue weighted by molar-refractivity contribution is 0.106. The molecule has 0 bridgehead atoms. The summed E-state index contributed by atoms with van der Waals surface area (Å²) in [6, 6.07) is 0. The molecule has 0 aromatic carbocycles. The first-order valence-corrected chi connectivity index (χ1v) is 11.3. The minimum Gasteiger partial charge on any atom is -0.469 e. The lowest BCUT2D eigenvalue weighted by atomic mass is 10.1. The van der Waals surface area contributed by atoms with Crippen molar-refractivity contribution < 1.29 is 9.16 Å². The van der Waals surface area contributed by atoms with E-state index < -0.39 is 8.32 Å². The van der Waals surface area contributed by atoms with Crippen LogP contribution in [-0.4, -0.2) is 31.2 Å². The van der Waals surface area contributed by atoms with Crippen molar-refractivity contribution in [3.05, 3.63) is 0 Å². The summed E-state index contributed by atoms with van der Waals surface area (Å²) in [5.41, 5.74) is 5.57. The number of hydrogen-bond acceptors (Lipinski definition) is 6. The van der Waals surface area contributed by atoms with Gasteiger partial charge in [-0.15, -0.1) is 5.10 Å². The van der Waals surface area contributed by atoms with Crippen molar-refractivity contribution in [3.63, 3.8) is 0 Å². The van der Waals surface area contributed by atoms with Gasteiger partial charge in [-0.1, -0.05) is 32.3 Å². The fourth-order valence-electron chi connectivity index (χ4n) is 2.36. The van der Waals surface area contributed by atoms with Crippen LogP contribution in [0.1, 0.15) is 40.0 Å². The largest absolute Gasteiger partial charge is 0.469 e. The normalized spacial score (nSPS) is 23.5. The van der Waals surface area contributed by atoms with Gasteiger partial charge < -0.3 is 14.9 Å². The molecule has 2 rings (SSSR count). The molecule has 1 heterocycles.